The van der Waals surface area contributed by atoms with E-state index in [1.54, 1.807) is 0 Å². The molecule has 3 atom stereocenters. The normalized spacial score (nSPS) is 51.0. The van der Waals surface area contributed by atoms with Crippen LogP contribution in [0.25, 0.3) is 0 Å². The molecule has 1 aliphatic rings. The minimum atomic E-state index is 0.00926. The molecule has 7 heavy (non-hydrogen) atoms. The fourth-order valence-electron chi connectivity index (χ4n) is 0.994. The van der Waals surface area contributed by atoms with Gasteiger partial charge < -0.3 is 5.11 Å². The van der Waals surface area contributed by atoms with Crippen molar-refractivity contribution in [3.05, 3.63) is 0 Å². The Morgan fingerprint density at radius 2 is 2.00 bits per heavy atom. The van der Waals surface area contributed by atoms with E-state index < -0.39 is 0 Å². The number of aliphatic hydroxyl groups excluding tert-OH is 1. The largest absolute Gasteiger partial charge is 0.393 e. The summed E-state index contributed by atoms with van der Waals surface area (Å²) in [5, 5.41) is 8.89. The summed E-state index contributed by atoms with van der Waals surface area (Å²) >= 11 is 0. The predicted octanol–water partition coefficient (Wildman–Crippen LogP) is 1.02. The van der Waals surface area contributed by atoms with Gasteiger partial charge in [0.2, 0.25) is 0 Å². The van der Waals surface area contributed by atoms with E-state index in [2.05, 4.69) is 13.8 Å². The van der Waals surface area contributed by atoms with Gasteiger partial charge >= 0.3 is 0 Å². The summed E-state index contributed by atoms with van der Waals surface area (Å²) in [4.78, 5) is 0. The van der Waals surface area contributed by atoms with Gasteiger partial charge in [0.1, 0.15) is 0 Å². The van der Waals surface area contributed by atoms with E-state index >= 15 is 0 Å². The maximum Gasteiger partial charge on any atom is 0.0571 e. The molecule has 1 aliphatic carbocycles. The fourth-order valence-corrected chi connectivity index (χ4v) is 0.994. The minimum absolute atomic E-state index is 0.00926. The molecule has 0 aromatic rings. The van der Waals surface area contributed by atoms with Crippen LogP contribution in [0.3, 0.4) is 0 Å². The third-order valence-electron chi connectivity index (χ3n) is 2.12. The average Bonchev–Trinajstić information content (AvgIpc) is 1.68. The first-order valence-corrected chi connectivity index (χ1v) is 2.90. The average molecular weight is 100 g/mol. The van der Waals surface area contributed by atoms with Crippen LogP contribution >= 0.6 is 0 Å². The number of hydrogen-bond donors (Lipinski definition) is 1. The van der Waals surface area contributed by atoms with Crippen molar-refractivity contribution in [1.82, 2.24) is 0 Å². The van der Waals surface area contributed by atoms with Crippen LogP contribution in [-0.2, 0) is 0 Å². The van der Waals surface area contributed by atoms with Gasteiger partial charge in [-0.25, -0.2) is 0 Å². The molecule has 0 radical (unpaired) electrons. The highest BCUT2D eigenvalue weighted by Crippen LogP contribution is 2.32. The van der Waals surface area contributed by atoms with Gasteiger partial charge in [-0.15, -0.1) is 0 Å². The molecule has 1 N–H and O–H groups in total. The first-order valence-electron chi connectivity index (χ1n) is 2.90. The minimum Gasteiger partial charge on any atom is -0.393 e. The zero-order valence-electron chi connectivity index (χ0n) is 4.89. The molecule has 2 unspecified atom stereocenters. The SMILES string of the molecule is CC1C[C@@H](O)C1C. The van der Waals surface area contributed by atoms with E-state index in [4.69, 9.17) is 5.11 Å². The lowest BCUT2D eigenvalue weighted by atomic mass is 9.74. The Balaban J connectivity index is 2.29. The third-order valence-corrected chi connectivity index (χ3v) is 2.12. The molecule has 1 fully saturated rings. The van der Waals surface area contributed by atoms with Crippen LogP contribution in [0.4, 0.5) is 0 Å². The van der Waals surface area contributed by atoms with Crippen molar-refractivity contribution in [3.63, 3.8) is 0 Å². The van der Waals surface area contributed by atoms with Crippen molar-refractivity contribution in [2.45, 2.75) is 26.4 Å². The summed E-state index contributed by atoms with van der Waals surface area (Å²) in [6, 6.07) is 0. The van der Waals surface area contributed by atoms with Crippen LogP contribution in [0.2, 0.25) is 0 Å². The van der Waals surface area contributed by atoms with E-state index in [-0.39, 0.29) is 6.10 Å². The van der Waals surface area contributed by atoms with Crippen molar-refractivity contribution in [2.24, 2.45) is 11.8 Å². The van der Waals surface area contributed by atoms with Gasteiger partial charge in [0.15, 0.2) is 0 Å². The zero-order valence-corrected chi connectivity index (χ0v) is 4.89. The lowest BCUT2D eigenvalue weighted by molar-refractivity contribution is -0.0143. The van der Waals surface area contributed by atoms with E-state index in [1.165, 1.54) is 0 Å². The zero-order chi connectivity index (χ0) is 5.44. The Morgan fingerprint density at radius 1 is 1.43 bits per heavy atom. The van der Waals surface area contributed by atoms with Crippen LogP contribution in [0.5, 0.6) is 0 Å². The molecular formula is C6H12O. The van der Waals surface area contributed by atoms with Crippen molar-refractivity contribution >= 4 is 0 Å². The highest BCUT2D eigenvalue weighted by molar-refractivity contribution is 4.82. The second kappa shape index (κ2) is 1.48. The maximum atomic E-state index is 8.89. The van der Waals surface area contributed by atoms with E-state index in [9.17, 15) is 0 Å². The van der Waals surface area contributed by atoms with E-state index in [1.807, 2.05) is 0 Å². The maximum absolute atomic E-state index is 8.89. The van der Waals surface area contributed by atoms with Gasteiger partial charge in [-0.2, -0.15) is 0 Å². The molecule has 42 valence electrons. The Kier molecular flexibility index (Phi) is 1.08. The van der Waals surface area contributed by atoms with Crippen molar-refractivity contribution in [3.8, 4) is 0 Å². The molecule has 0 spiro atoms. The quantitative estimate of drug-likeness (QED) is 0.482. The predicted molar refractivity (Wildman–Crippen MR) is 29.0 cm³/mol. The molecule has 1 heteroatoms. The molecule has 0 aromatic heterocycles. The molecule has 0 aliphatic heterocycles. The van der Waals surface area contributed by atoms with Gasteiger partial charge in [-0.1, -0.05) is 13.8 Å². The molecule has 0 heterocycles. The van der Waals surface area contributed by atoms with Gasteiger partial charge in [0.05, 0.1) is 6.10 Å². The smallest absolute Gasteiger partial charge is 0.0571 e. The Morgan fingerprint density at radius 3 is 2.00 bits per heavy atom. The highest BCUT2D eigenvalue weighted by atomic mass is 16.3. The molecule has 0 saturated heterocycles. The first-order chi connectivity index (χ1) is 3.22. The van der Waals surface area contributed by atoms with Crippen LogP contribution in [-0.4, -0.2) is 11.2 Å². The van der Waals surface area contributed by atoms with E-state index in [0.717, 1.165) is 12.3 Å². The molecule has 0 bridgehead atoms. The standard InChI is InChI=1S/C6H12O/c1-4-3-6(7)5(4)2/h4-7H,3H2,1-2H3/t4?,5?,6-/m1/s1. The summed E-state index contributed by atoms with van der Waals surface area (Å²) in [5.74, 6) is 1.31. The third kappa shape index (κ3) is 0.653. The molecule has 1 saturated carbocycles. The lowest BCUT2D eigenvalue weighted by Gasteiger charge is -2.36. The van der Waals surface area contributed by atoms with E-state index in [0.29, 0.717) is 5.92 Å². The highest BCUT2D eigenvalue weighted by Gasteiger charge is 2.31. The second-order valence-corrected chi connectivity index (χ2v) is 2.64. The molecule has 1 rings (SSSR count). The summed E-state index contributed by atoms with van der Waals surface area (Å²) in [7, 11) is 0. The monoisotopic (exact) mass is 100 g/mol. The Labute approximate surface area is 44.4 Å². The van der Waals surface area contributed by atoms with Crippen molar-refractivity contribution in [1.29, 1.82) is 0 Å². The van der Waals surface area contributed by atoms with Crippen molar-refractivity contribution < 1.29 is 5.11 Å². The van der Waals surface area contributed by atoms with Crippen molar-refractivity contribution in [2.75, 3.05) is 0 Å². The number of aliphatic hydroxyl groups is 1. The van der Waals surface area contributed by atoms with Gasteiger partial charge in [-0.05, 0) is 18.3 Å². The van der Waals surface area contributed by atoms with Crippen LogP contribution < -0.4 is 0 Å². The van der Waals surface area contributed by atoms with Gasteiger partial charge in [0, 0.05) is 0 Å². The summed E-state index contributed by atoms with van der Waals surface area (Å²) in [5.41, 5.74) is 0. The Hall–Kier alpha value is -0.0400. The van der Waals surface area contributed by atoms with Gasteiger partial charge in [-0.3, -0.25) is 0 Å². The fraction of sp³-hybridized carbons (Fsp3) is 1.00. The Bertz CT molecular complexity index is 62.6. The first kappa shape index (κ1) is 5.10. The molecule has 0 aromatic carbocycles. The van der Waals surface area contributed by atoms with Crippen LogP contribution in [0.15, 0.2) is 0 Å². The molecule has 0 amide bonds. The summed E-state index contributed by atoms with van der Waals surface area (Å²) < 4.78 is 0. The van der Waals surface area contributed by atoms with Crippen LogP contribution in [0, 0.1) is 11.8 Å². The topological polar surface area (TPSA) is 20.2 Å². The summed E-state index contributed by atoms with van der Waals surface area (Å²) in [6.45, 7) is 4.27. The number of rotatable bonds is 0. The van der Waals surface area contributed by atoms with Crippen LogP contribution in [0.1, 0.15) is 20.3 Å². The summed E-state index contributed by atoms with van der Waals surface area (Å²) in [6.07, 6.45) is 1.02. The molecular weight excluding hydrogens is 88.1 g/mol. The second-order valence-electron chi connectivity index (χ2n) is 2.64. The molecule has 1 nitrogen and oxygen atoms in total. The van der Waals surface area contributed by atoms with Gasteiger partial charge in [0.25, 0.3) is 0 Å². The number of hydrogen-bond acceptors (Lipinski definition) is 1. The lowest BCUT2D eigenvalue weighted by Crippen LogP contribution is -2.37.